The maximum Gasteiger partial charge on any atom is 0.244 e. The van der Waals surface area contributed by atoms with Crippen molar-refractivity contribution < 1.29 is 21.6 Å². The Bertz CT molecular complexity index is 1020. The average molecular weight is 426 g/mol. The highest BCUT2D eigenvalue weighted by Gasteiger charge is 2.28. The summed E-state index contributed by atoms with van der Waals surface area (Å²) in [6, 6.07) is 9.65. The lowest BCUT2D eigenvalue weighted by Crippen LogP contribution is -2.38. The van der Waals surface area contributed by atoms with Gasteiger partial charge in [0.15, 0.2) is 0 Å². The summed E-state index contributed by atoms with van der Waals surface area (Å²) in [6.07, 6.45) is 2.91. The van der Waals surface area contributed by atoms with Crippen molar-refractivity contribution in [3.8, 4) is 5.75 Å². The first kappa shape index (κ1) is 20.6. The van der Waals surface area contributed by atoms with Crippen LogP contribution in [-0.2, 0) is 26.6 Å². The van der Waals surface area contributed by atoms with E-state index in [9.17, 15) is 16.8 Å². The third-order valence-electron chi connectivity index (χ3n) is 4.32. The van der Waals surface area contributed by atoms with E-state index in [0.29, 0.717) is 24.3 Å². The van der Waals surface area contributed by atoms with Crippen molar-refractivity contribution in [1.29, 1.82) is 0 Å². The van der Waals surface area contributed by atoms with Gasteiger partial charge in [0, 0.05) is 12.7 Å². The highest BCUT2D eigenvalue weighted by atomic mass is 32.2. The van der Waals surface area contributed by atoms with Crippen LogP contribution in [0.2, 0.25) is 0 Å². The Morgan fingerprint density at radius 2 is 2.04 bits per heavy atom. The second-order valence-corrected chi connectivity index (χ2v) is 10.1. The summed E-state index contributed by atoms with van der Waals surface area (Å²) in [7, 11) is -7.40. The molecule has 1 aromatic carbocycles. The average Bonchev–Trinajstić information content (AvgIpc) is 2.68. The molecule has 2 aromatic rings. The van der Waals surface area contributed by atoms with Gasteiger partial charge in [-0.3, -0.25) is 9.29 Å². The molecule has 28 heavy (non-hydrogen) atoms. The molecule has 0 radical (unpaired) electrons. The van der Waals surface area contributed by atoms with Crippen molar-refractivity contribution in [3.05, 3.63) is 48.3 Å². The Hall–Kier alpha value is -2.17. The van der Waals surface area contributed by atoms with Gasteiger partial charge in [-0.15, -0.1) is 0 Å². The quantitative estimate of drug-likeness (QED) is 0.726. The van der Waals surface area contributed by atoms with Crippen LogP contribution >= 0.6 is 0 Å². The lowest BCUT2D eigenvalue weighted by Gasteiger charge is -2.28. The molecule has 2 heterocycles. The van der Waals surface area contributed by atoms with Crippen LogP contribution in [0.4, 0.5) is 5.69 Å². The zero-order valence-corrected chi connectivity index (χ0v) is 17.2. The summed E-state index contributed by atoms with van der Waals surface area (Å²) in [6.45, 7) is 2.38. The highest BCUT2D eigenvalue weighted by Crippen LogP contribution is 2.32. The minimum absolute atomic E-state index is 0.0149. The van der Waals surface area contributed by atoms with Gasteiger partial charge in [-0.1, -0.05) is 6.07 Å². The van der Waals surface area contributed by atoms with Crippen molar-refractivity contribution in [2.75, 3.05) is 23.2 Å². The van der Waals surface area contributed by atoms with E-state index in [2.05, 4.69) is 9.71 Å². The number of rotatable bonds is 7. The van der Waals surface area contributed by atoms with E-state index in [-0.39, 0.29) is 29.5 Å². The lowest BCUT2D eigenvalue weighted by atomic mass is 10.2. The monoisotopic (exact) mass is 425 g/mol. The van der Waals surface area contributed by atoms with E-state index in [1.807, 2.05) is 0 Å². The fraction of sp³-hybridized carbons (Fsp3) is 0.389. The SMILES string of the molecule is CCOc1ccc(N2CCCCS2(=O)=O)cc1S(=O)(=O)NCc1ccccn1. The van der Waals surface area contributed by atoms with Gasteiger partial charge >= 0.3 is 0 Å². The molecule has 1 N–H and O–H groups in total. The Balaban J connectivity index is 1.95. The number of nitrogens with zero attached hydrogens (tertiary/aromatic N) is 2. The highest BCUT2D eigenvalue weighted by molar-refractivity contribution is 7.92. The molecule has 152 valence electrons. The normalized spacial score (nSPS) is 16.7. The molecule has 1 aliphatic heterocycles. The second kappa shape index (κ2) is 8.46. The van der Waals surface area contributed by atoms with Crippen molar-refractivity contribution in [2.24, 2.45) is 0 Å². The van der Waals surface area contributed by atoms with E-state index in [1.165, 1.54) is 16.4 Å². The van der Waals surface area contributed by atoms with Crippen molar-refractivity contribution in [2.45, 2.75) is 31.2 Å². The molecule has 1 saturated heterocycles. The molecule has 0 spiro atoms. The van der Waals surface area contributed by atoms with Crippen LogP contribution in [0.3, 0.4) is 0 Å². The van der Waals surface area contributed by atoms with Gasteiger partial charge in [0.1, 0.15) is 10.6 Å². The molecule has 1 aliphatic rings. The molecule has 0 atom stereocenters. The molecule has 1 fully saturated rings. The summed E-state index contributed by atoms with van der Waals surface area (Å²) >= 11 is 0. The molecule has 0 bridgehead atoms. The second-order valence-electron chi connectivity index (χ2n) is 6.30. The summed E-state index contributed by atoms with van der Waals surface area (Å²) in [4.78, 5) is 4.00. The van der Waals surface area contributed by atoms with Crippen LogP contribution in [0, 0.1) is 0 Å². The summed E-state index contributed by atoms with van der Waals surface area (Å²) in [5, 5.41) is 0. The molecule has 3 rings (SSSR count). The third-order valence-corrected chi connectivity index (χ3v) is 7.62. The first-order valence-corrected chi connectivity index (χ1v) is 12.1. The largest absolute Gasteiger partial charge is 0.492 e. The fourth-order valence-corrected chi connectivity index (χ4v) is 5.76. The number of anilines is 1. The number of benzene rings is 1. The van der Waals surface area contributed by atoms with Crippen LogP contribution in [-0.4, -0.2) is 40.7 Å². The molecule has 10 heteroatoms. The van der Waals surface area contributed by atoms with E-state index >= 15 is 0 Å². The fourth-order valence-electron chi connectivity index (χ4n) is 2.96. The van der Waals surface area contributed by atoms with Crippen LogP contribution in [0.1, 0.15) is 25.5 Å². The predicted molar refractivity (Wildman–Crippen MR) is 106 cm³/mol. The van der Waals surface area contributed by atoms with Gasteiger partial charge < -0.3 is 4.74 Å². The first-order chi connectivity index (χ1) is 13.3. The summed E-state index contributed by atoms with van der Waals surface area (Å²) in [5.41, 5.74) is 0.889. The lowest BCUT2D eigenvalue weighted by molar-refractivity contribution is 0.331. The van der Waals surface area contributed by atoms with Gasteiger partial charge in [-0.2, -0.15) is 0 Å². The number of nitrogens with one attached hydrogen (secondary N) is 1. The maximum atomic E-state index is 12.9. The molecule has 0 amide bonds. The van der Waals surface area contributed by atoms with Gasteiger partial charge in [0.05, 0.1) is 30.3 Å². The standard InChI is InChI=1S/C18H23N3O5S2/c1-2-26-17-9-8-16(21-11-5-6-12-27(21,22)23)13-18(17)28(24,25)20-14-15-7-3-4-10-19-15/h3-4,7-10,13,20H,2,5-6,11-12,14H2,1H3. The molecule has 0 unspecified atom stereocenters. The molecule has 8 nitrogen and oxygen atoms in total. The van der Waals surface area contributed by atoms with Crippen molar-refractivity contribution in [1.82, 2.24) is 9.71 Å². The number of ether oxygens (including phenoxy) is 1. The van der Waals surface area contributed by atoms with Gasteiger partial charge in [0.2, 0.25) is 20.0 Å². The molecule has 0 saturated carbocycles. The zero-order valence-electron chi connectivity index (χ0n) is 15.5. The minimum Gasteiger partial charge on any atom is -0.492 e. The molecular weight excluding hydrogens is 402 g/mol. The molecule has 1 aromatic heterocycles. The van der Waals surface area contributed by atoms with Crippen LogP contribution in [0.25, 0.3) is 0 Å². The van der Waals surface area contributed by atoms with Crippen LogP contribution in [0.15, 0.2) is 47.5 Å². The van der Waals surface area contributed by atoms with E-state index in [1.54, 1.807) is 37.4 Å². The molecular formula is C18H23N3O5S2. The Morgan fingerprint density at radius 1 is 1.21 bits per heavy atom. The summed E-state index contributed by atoms with van der Waals surface area (Å²) in [5.74, 6) is 0.231. The zero-order chi connectivity index (χ0) is 20.2. The first-order valence-electron chi connectivity index (χ1n) is 9.00. The Morgan fingerprint density at radius 3 is 2.71 bits per heavy atom. The van der Waals surface area contributed by atoms with E-state index in [4.69, 9.17) is 4.74 Å². The number of hydrogen-bond acceptors (Lipinski definition) is 6. The third kappa shape index (κ3) is 4.62. The Labute approximate surface area is 165 Å². The number of sulfonamides is 2. The van der Waals surface area contributed by atoms with Crippen molar-refractivity contribution >= 4 is 25.7 Å². The summed E-state index contributed by atoms with van der Waals surface area (Å²) < 4.78 is 59.8. The Kier molecular flexibility index (Phi) is 6.21. The van der Waals surface area contributed by atoms with Crippen LogP contribution < -0.4 is 13.8 Å². The van der Waals surface area contributed by atoms with E-state index in [0.717, 1.165) is 6.42 Å². The topological polar surface area (TPSA) is 106 Å². The number of hydrogen-bond donors (Lipinski definition) is 1. The number of aromatic nitrogens is 1. The van der Waals surface area contributed by atoms with Crippen molar-refractivity contribution in [3.63, 3.8) is 0 Å². The maximum absolute atomic E-state index is 12.9. The number of pyridine rings is 1. The van der Waals surface area contributed by atoms with E-state index < -0.39 is 20.0 Å². The van der Waals surface area contributed by atoms with Crippen LogP contribution in [0.5, 0.6) is 5.75 Å². The minimum atomic E-state index is -3.95. The smallest absolute Gasteiger partial charge is 0.244 e. The van der Waals surface area contributed by atoms with Gasteiger partial charge in [-0.05, 0) is 50.1 Å². The van der Waals surface area contributed by atoms with Gasteiger partial charge in [0.25, 0.3) is 0 Å². The predicted octanol–water partition coefficient (Wildman–Crippen LogP) is 1.89. The molecule has 0 aliphatic carbocycles. The van der Waals surface area contributed by atoms with Gasteiger partial charge in [-0.25, -0.2) is 21.6 Å².